The molecular formula is C8H14N4O4S. The van der Waals surface area contributed by atoms with Crippen LogP contribution in [-0.4, -0.2) is 37.8 Å². The third-order valence-electron chi connectivity index (χ3n) is 2.21. The first kappa shape index (κ1) is 13.5. The molecule has 1 heterocycles. The predicted octanol–water partition coefficient (Wildman–Crippen LogP) is -1.24. The van der Waals surface area contributed by atoms with Gasteiger partial charge in [0.1, 0.15) is 11.4 Å². The standard InChI is InChI=1S/C8H14N4O4S/c1-5-7(8(9)11-12(5)2)17(14,15)10-4-6(13)16-3/h10H,4H2,1-3H3,(H2,9,11). The van der Waals surface area contributed by atoms with Crippen LogP contribution in [0.15, 0.2) is 4.90 Å². The summed E-state index contributed by atoms with van der Waals surface area (Å²) < 4.78 is 31.5. The molecule has 0 aliphatic carbocycles. The van der Waals surface area contributed by atoms with Crippen LogP contribution in [0.4, 0.5) is 5.82 Å². The Hall–Kier alpha value is -1.61. The van der Waals surface area contributed by atoms with Gasteiger partial charge in [0.2, 0.25) is 10.0 Å². The Bertz CT molecular complexity index is 534. The average Bonchev–Trinajstić information content (AvgIpc) is 2.50. The number of aryl methyl sites for hydroxylation is 1. The van der Waals surface area contributed by atoms with Crippen LogP contribution in [0, 0.1) is 6.92 Å². The third-order valence-corrected chi connectivity index (χ3v) is 3.77. The van der Waals surface area contributed by atoms with Crippen molar-refractivity contribution < 1.29 is 17.9 Å². The summed E-state index contributed by atoms with van der Waals surface area (Å²) in [5.41, 5.74) is 5.89. The maximum atomic E-state index is 11.9. The van der Waals surface area contributed by atoms with E-state index in [1.54, 1.807) is 14.0 Å². The summed E-state index contributed by atoms with van der Waals surface area (Å²) in [6.07, 6.45) is 0. The molecule has 0 aliphatic rings. The zero-order valence-corrected chi connectivity index (χ0v) is 10.5. The number of hydrogen-bond donors (Lipinski definition) is 2. The zero-order chi connectivity index (χ0) is 13.2. The number of nitrogens with zero attached hydrogens (tertiary/aromatic N) is 2. The maximum Gasteiger partial charge on any atom is 0.320 e. The van der Waals surface area contributed by atoms with Crippen LogP contribution in [-0.2, 0) is 26.6 Å². The monoisotopic (exact) mass is 262 g/mol. The number of ether oxygens (including phenoxy) is 1. The number of sulfonamides is 1. The molecule has 1 rings (SSSR count). The molecule has 0 saturated carbocycles. The Morgan fingerprint density at radius 1 is 1.59 bits per heavy atom. The van der Waals surface area contributed by atoms with Crippen molar-refractivity contribution in [2.45, 2.75) is 11.8 Å². The Morgan fingerprint density at radius 2 is 2.18 bits per heavy atom. The van der Waals surface area contributed by atoms with Gasteiger partial charge in [-0.1, -0.05) is 0 Å². The Kier molecular flexibility index (Phi) is 3.73. The number of hydrogen-bond acceptors (Lipinski definition) is 6. The molecule has 0 bridgehead atoms. The van der Waals surface area contributed by atoms with Crippen molar-refractivity contribution in [3.8, 4) is 0 Å². The lowest BCUT2D eigenvalue weighted by atomic mass is 10.5. The smallest absolute Gasteiger partial charge is 0.320 e. The van der Waals surface area contributed by atoms with Crippen molar-refractivity contribution in [2.24, 2.45) is 7.05 Å². The molecule has 0 unspecified atom stereocenters. The zero-order valence-electron chi connectivity index (χ0n) is 9.72. The molecule has 0 amide bonds. The van der Waals surface area contributed by atoms with Crippen LogP contribution >= 0.6 is 0 Å². The molecule has 3 N–H and O–H groups in total. The number of carbonyl (C=O) groups is 1. The second kappa shape index (κ2) is 4.72. The van der Waals surface area contributed by atoms with Crippen LogP contribution in [0.25, 0.3) is 0 Å². The van der Waals surface area contributed by atoms with E-state index >= 15 is 0 Å². The normalized spacial score (nSPS) is 11.5. The minimum Gasteiger partial charge on any atom is -0.468 e. The van der Waals surface area contributed by atoms with Gasteiger partial charge in [0.15, 0.2) is 5.82 Å². The van der Waals surface area contributed by atoms with E-state index in [1.807, 2.05) is 0 Å². The number of aromatic nitrogens is 2. The first-order valence-electron chi connectivity index (χ1n) is 4.65. The van der Waals surface area contributed by atoms with Gasteiger partial charge < -0.3 is 10.5 Å². The van der Waals surface area contributed by atoms with E-state index in [4.69, 9.17) is 5.73 Å². The summed E-state index contributed by atoms with van der Waals surface area (Å²) in [5.74, 6) is -0.795. The highest BCUT2D eigenvalue weighted by Gasteiger charge is 2.25. The van der Waals surface area contributed by atoms with E-state index in [-0.39, 0.29) is 10.7 Å². The molecule has 1 aromatic rings. The van der Waals surface area contributed by atoms with Gasteiger partial charge in [0.25, 0.3) is 0 Å². The maximum absolute atomic E-state index is 11.9. The topological polar surface area (TPSA) is 116 Å². The van der Waals surface area contributed by atoms with Crippen LogP contribution in [0.1, 0.15) is 5.69 Å². The number of anilines is 1. The van der Waals surface area contributed by atoms with Crippen LogP contribution in [0.2, 0.25) is 0 Å². The van der Waals surface area contributed by atoms with Crippen molar-refractivity contribution in [3.05, 3.63) is 5.69 Å². The molecule has 0 radical (unpaired) electrons. The lowest BCUT2D eigenvalue weighted by Gasteiger charge is -2.05. The molecule has 0 saturated heterocycles. The highest BCUT2D eigenvalue weighted by atomic mass is 32.2. The predicted molar refractivity (Wildman–Crippen MR) is 59.6 cm³/mol. The first-order valence-corrected chi connectivity index (χ1v) is 6.13. The molecule has 9 heteroatoms. The Morgan fingerprint density at radius 3 is 2.59 bits per heavy atom. The molecule has 96 valence electrons. The van der Waals surface area contributed by atoms with Gasteiger partial charge in [0.05, 0.1) is 12.8 Å². The number of carbonyl (C=O) groups excluding carboxylic acids is 1. The van der Waals surface area contributed by atoms with E-state index in [9.17, 15) is 13.2 Å². The second-order valence-electron chi connectivity index (χ2n) is 3.32. The number of esters is 1. The van der Waals surface area contributed by atoms with Gasteiger partial charge >= 0.3 is 5.97 Å². The molecule has 0 fully saturated rings. The van der Waals surface area contributed by atoms with Crippen LogP contribution in [0.5, 0.6) is 0 Å². The van der Waals surface area contributed by atoms with E-state index in [1.165, 1.54) is 11.8 Å². The highest BCUT2D eigenvalue weighted by Crippen LogP contribution is 2.20. The third kappa shape index (κ3) is 2.74. The highest BCUT2D eigenvalue weighted by molar-refractivity contribution is 7.89. The van der Waals surface area contributed by atoms with Gasteiger partial charge in [-0.2, -0.15) is 9.82 Å². The molecule has 0 aromatic carbocycles. The molecule has 1 aromatic heterocycles. The van der Waals surface area contributed by atoms with Crippen molar-refractivity contribution in [2.75, 3.05) is 19.4 Å². The van der Waals surface area contributed by atoms with Gasteiger partial charge in [-0.15, -0.1) is 0 Å². The largest absolute Gasteiger partial charge is 0.468 e. The van der Waals surface area contributed by atoms with Gasteiger partial charge in [0, 0.05) is 7.05 Å². The number of nitrogens with one attached hydrogen (secondary N) is 1. The molecule has 8 nitrogen and oxygen atoms in total. The summed E-state index contributed by atoms with van der Waals surface area (Å²) in [5, 5.41) is 3.78. The minimum atomic E-state index is -3.87. The van der Waals surface area contributed by atoms with Crippen LogP contribution < -0.4 is 10.5 Å². The van der Waals surface area contributed by atoms with Crippen LogP contribution in [0.3, 0.4) is 0 Å². The molecule has 0 atom stereocenters. The second-order valence-corrected chi connectivity index (χ2v) is 5.03. The quantitative estimate of drug-likeness (QED) is 0.656. The van der Waals surface area contributed by atoms with E-state index in [0.717, 1.165) is 0 Å². The summed E-state index contributed by atoms with van der Waals surface area (Å²) >= 11 is 0. The van der Waals surface area contributed by atoms with E-state index < -0.39 is 22.5 Å². The Balaban J connectivity index is 3.02. The average molecular weight is 262 g/mol. The summed E-state index contributed by atoms with van der Waals surface area (Å²) in [7, 11) is -1.12. The lowest BCUT2D eigenvalue weighted by Crippen LogP contribution is -2.31. The van der Waals surface area contributed by atoms with Crippen molar-refractivity contribution >= 4 is 21.8 Å². The van der Waals surface area contributed by atoms with Crippen molar-refractivity contribution in [1.29, 1.82) is 0 Å². The SMILES string of the molecule is COC(=O)CNS(=O)(=O)c1c(N)nn(C)c1C. The number of nitrogens with two attached hydrogens (primary N) is 1. The summed E-state index contributed by atoms with van der Waals surface area (Å²) in [6.45, 7) is 1.11. The van der Waals surface area contributed by atoms with Crippen molar-refractivity contribution in [3.63, 3.8) is 0 Å². The number of methoxy groups -OCH3 is 1. The molecule has 17 heavy (non-hydrogen) atoms. The molecule has 0 spiro atoms. The number of rotatable bonds is 4. The van der Waals surface area contributed by atoms with Gasteiger partial charge in [-0.3, -0.25) is 9.48 Å². The lowest BCUT2D eigenvalue weighted by molar-refractivity contribution is -0.139. The van der Waals surface area contributed by atoms with Crippen molar-refractivity contribution in [1.82, 2.24) is 14.5 Å². The summed E-state index contributed by atoms with van der Waals surface area (Å²) in [4.78, 5) is 10.7. The fourth-order valence-electron chi connectivity index (χ4n) is 1.24. The molecular weight excluding hydrogens is 248 g/mol. The number of nitrogen functional groups attached to an aromatic ring is 1. The Labute approximate surface area is 98.8 Å². The summed E-state index contributed by atoms with van der Waals surface area (Å²) in [6, 6.07) is 0. The van der Waals surface area contributed by atoms with E-state index in [2.05, 4.69) is 14.6 Å². The fraction of sp³-hybridized carbons (Fsp3) is 0.500. The minimum absolute atomic E-state index is 0.109. The molecule has 0 aliphatic heterocycles. The fourth-order valence-corrected chi connectivity index (χ4v) is 2.53. The van der Waals surface area contributed by atoms with E-state index in [0.29, 0.717) is 5.69 Å². The van der Waals surface area contributed by atoms with Gasteiger partial charge in [-0.05, 0) is 6.92 Å². The first-order chi connectivity index (χ1) is 7.79. The van der Waals surface area contributed by atoms with Gasteiger partial charge in [-0.25, -0.2) is 8.42 Å².